The molecule has 1 N–H and O–H groups in total. The molecule has 0 saturated heterocycles. The first kappa shape index (κ1) is 15.7. The summed E-state index contributed by atoms with van der Waals surface area (Å²) >= 11 is 2.99. The maximum atomic E-state index is 12.2. The lowest BCUT2D eigenvalue weighted by atomic mass is 10.3. The zero-order chi connectivity index (χ0) is 16.2. The summed E-state index contributed by atoms with van der Waals surface area (Å²) in [5, 5.41) is 12.0. The summed E-state index contributed by atoms with van der Waals surface area (Å²) in [6.07, 6.45) is 1.77. The molecule has 0 aliphatic rings. The van der Waals surface area contributed by atoms with Crippen LogP contribution in [-0.4, -0.2) is 26.1 Å². The smallest absolute Gasteiger partial charge is 0.258 e. The summed E-state index contributed by atoms with van der Waals surface area (Å²) in [7, 11) is 0. The van der Waals surface area contributed by atoms with Crippen LogP contribution in [0.3, 0.4) is 0 Å². The highest BCUT2D eigenvalue weighted by Gasteiger charge is 2.08. The van der Waals surface area contributed by atoms with Crippen molar-refractivity contribution < 1.29 is 0 Å². The average Bonchev–Trinajstić information content (AvgIpc) is 2.98. The molecule has 0 saturated carbocycles. The Hall–Kier alpha value is -2.19. The molecule has 0 fully saturated rings. The topological polar surface area (TPSA) is 72.2 Å². The van der Waals surface area contributed by atoms with Gasteiger partial charge in [0.1, 0.15) is 5.65 Å². The SMILES string of the molecule is C=CCNc1nnc(SCc2cc(=O)n3c(C)cccc3n2)s1. The maximum Gasteiger partial charge on any atom is 0.258 e. The number of aromatic nitrogens is 4. The Morgan fingerprint density at radius 1 is 1.43 bits per heavy atom. The van der Waals surface area contributed by atoms with Crippen LogP contribution in [0, 0.1) is 6.92 Å². The van der Waals surface area contributed by atoms with Crippen molar-refractivity contribution in [3.63, 3.8) is 0 Å². The van der Waals surface area contributed by atoms with E-state index >= 15 is 0 Å². The van der Waals surface area contributed by atoms with Crippen LogP contribution in [0.5, 0.6) is 0 Å². The molecule has 0 aliphatic carbocycles. The minimum absolute atomic E-state index is 0.0608. The second-order valence-corrected chi connectivity index (χ2v) is 6.98. The van der Waals surface area contributed by atoms with Crippen LogP contribution in [0.25, 0.3) is 5.65 Å². The fourth-order valence-electron chi connectivity index (χ4n) is 2.07. The standard InChI is InChI=1S/C15H15N5OS2/c1-3-7-16-14-18-19-15(23-14)22-9-11-8-13(21)20-10(2)5-4-6-12(20)17-11/h3-6,8H,1,7,9H2,2H3,(H,16,18). The number of hydrogen-bond donors (Lipinski definition) is 1. The zero-order valence-corrected chi connectivity index (χ0v) is 14.2. The van der Waals surface area contributed by atoms with Gasteiger partial charge >= 0.3 is 0 Å². The van der Waals surface area contributed by atoms with Gasteiger partial charge < -0.3 is 5.32 Å². The number of fused-ring (bicyclic) bond motifs is 1. The number of thioether (sulfide) groups is 1. The third-order valence-corrected chi connectivity index (χ3v) is 5.13. The first-order valence-corrected chi connectivity index (χ1v) is 8.77. The lowest BCUT2D eigenvalue weighted by Gasteiger charge is -2.05. The molecule has 0 aromatic carbocycles. The Labute approximate surface area is 141 Å². The minimum atomic E-state index is -0.0608. The van der Waals surface area contributed by atoms with Crippen LogP contribution in [0.15, 0.2) is 46.1 Å². The van der Waals surface area contributed by atoms with Crippen molar-refractivity contribution in [1.82, 2.24) is 19.6 Å². The average molecular weight is 345 g/mol. The first-order valence-electron chi connectivity index (χ1n) is 6.97. The van der Waals surface area contributed by atoms with Gasteiger partial charge in [0, 0.05) is 24.1 Å². The van der Waals surface area contributed by atoms with Crippen LogP contribution in [0.1, 0.15) is 11.4 Å². The van der Waals surface area contributed by atoms with E-state index in [0.717, 1.165) is 20.9 Å². The van der Waals surface area contributed by atoms with Crippen molar-refractivity contribution in [2.75, 3.05) is 11.9 Å². The van der Waals surface area contributed by atoms with Crippen LogP contribution >= 0.6 is 23.1 Å². The summed E-state index contributed by atoms with van der Waals surface area (Å²) in [5.74, 6) is 0.579. The van der Waals surface area contributed by atoms with Gasteiger partial charge in [-0.25, -0.2) is 4.98 Å². The van der Waals surface area contributed by atoms with Gasteiger partial charge in [0.15, 0.2) is 4.34 Å². The number of rotatable bonds is 6. The molecule has 8 heteroatoms. The molecule has 118 valence electrons. The largest absolute Gasteiger partial charge is 0.357 e. The molecule has 0 radical (unpaired) electrons. The Kier molecular flexibility index (Phi) is 4.73. The van der Waals surface area contributed by atoms with E-state index in [1.165, 1.54) is 23.1 Å². The van der Waals surface area contributed by atoms with Crippen LogP contribution < -0.4 is 10.9 Å². The molecular formula is C15H15N5OS2. The van der Waals surface area contributed by atoms with Gasteiger partial charge in [0.2, 0.25) is 5.13 Å². The van der Waals surface area contributed by atoms with Crippen molar-refractivity contribution in [2.45, 2.75) is 17.0 Å². The lowest BCUT2D eigenvalue weighted by molar-refractivity contribution is 0.966. The number of anilines is 1. The van der Waals surface area contributed by atoms with E-state index in [4.69, 9.17) is 0 Å². The van der Waals surface area contributed by atoms with Gasteiger partial charge in [-0.1, -0.05) is 35.2 Å². The van der Waals surface area contributed by atoms with Gasteiger partial charge in [-0.2, -0.15) is 0 Å². The van der Waals surface area contributed by atoms with Crippen molar-refractivity contribution in [3.8, 4) is 0 Å². The highest BCUT2D eigenvalue weighted by molar-refractivity contribution is 8.00. The second-order valence-electron chi connectivity index (χ2n) is 4.78. The molecular weight excluding hydrogens is 330 g/mol. The van der Waals surface area contributed by atoms with Gasteiger partial charge in [-0.3, -0.25) is 9.20 Å². The normalized spacial score (nSPS) is 10.8. The number of nitrogens with one attached hydrogen (secondary N) is 1. The van der Waals surface area contributed by atoms with Crippen LogP contribution in [0.4, 0.5) is 5.13 Å². The number of hydrogen-bond acceptors (Lipinski definition) is 7. The van der Waals surface area contributed by atoms with Crippen molar-refractivity contribution in [3.05, 3.63) is 58.7 Å². The Balaban J connectivity index is 1.76. The van der Waals surface area contributed by atoms with E-state index in [9.17, 15) is 4.79 Å². The molecule has 0 aliphatic heterocycles. The Morgan fingerprint density at radius 2 is 2.30 bits per heavy atom. The molecule has 0 spiro atoms. The summed E-state index contributed by atoms with van der Waals surface area (Å²) in [4.78, 5) is 16.8. The molecule has 0 amide bonds. The fourth-order valence-corrected chi connectivity index (χ4v) is 3.72. The first-order chi connectivity index (χ1) is 11.2. The molecule has 3 aromatic rings. The van der Waals surface area contributed by atoms with Crippen molar-refractivity contribution in [1.29, 1.82) is 0 Å². The van der Waals surface area contributed by atoms with Crippen molar-refractivity contribution >= 4 is 33.9 Å². The molecule has 6 nitrogen and oxygen atoms in total. The van der Waals surface area contributed by atoms with Crippen LogP contribution in [0.2, 0.25) is 0 Å². The third kappa shape index (κ3) is 3.59. The van der Waals surface area contributed by atoms with E-state index in [1.807, 2.05) is 25.1 Å². The monoisotopic (exact) mass is 345 g/mol. The maximum absolute atomic E-state index is 12.2. The molecule has 3 aromatic heterocycles. The lowest BCUT2D eigenvalue weighted by Crippen LogP contribution is -2.17. The third-order valence-electron chi connectivity index (χ3n) is 3.08. The predicted octanol–water partition coefficient (Wildman–Crippen LogP) is 2.74. The van der Waals surface area contributed by atoms with E-state index < -0.39 is 0 Å². The summed E-state index contributed by atoms with van der Waals surface area (Å²) in [5.41, 5.74) is 2.22. The molecule has 23 heavy (non-hydrogen) atoms. The highest BCUT2D eigenvalue weighted by Crippen LogP contribution is 2.27. The Morgan fingerprint density at radius 3 is 3.13 bits per heavy atom. The van der Waals surface area contributed by atoms with Gasteiger partial charge in [-0.05, 0) is 19.1 Å². The van der Waals surface area contributed by atoms with Crippen LogP contribution in [-0.2, 0) is 5.75 Å². The van der Waals surface area contributed by atoms with E-state index in [1.54, 1.807) is 16.5 Å². The highest BCUT2D eigenvalue weighted by atomic mass is 32.2. The molecule has 0 unspecified atom stereocenters. The molecule has 0 atom stereocenters. The molecule has 3 rings (SSSR count). The molecule has 0 bridgehead atoms. The van der Waals surface area contributed by atoms with E-state index in [0.29, 0.717) is 17.9 Å². The fraction of sp³-hybridized carbons (Fsp3) is 0.200. The van der Waals surface area contributed by atoms with E-state index in [-0.39, 0.29) is 5.56 Å². The van der Waals surface area contributed by atoms with Gasteiger partial charge in [0.05, 0.1) is 5.69 Å². The number of pyridine rings is 1. The Bertz CT molecular complexity index is 902. The predicted molar refractivity (Wildman–Crippen MR) is 94.4 cm³/mol. The summed E-state index contributed by atoms with van der Waals surface area (Å²) in [6, 6.07) is 7.20. The summed E-state index contributed by atoms with van der Waals surface area (Å²) in [6.45, 7) is 6.19. The second kappa shape index (κ2) is 6.93. The zero-order valence-electron chi connectivity index (χ0n) is 12.5. The van der Waals surface area contributed by atoms with E-state index in [2.05, 4.69) is 27.1 Å². The minimum Gasteiger partial charge on any atom is -0.357 e. The molecule has 3 heterocycles. The number of nitrogens with zero attached hydrogens (tertiary/aromatic N) is 4. The van der Waals surface area contributed by atoms with Gasteiger partial charge in [-0.15, -0.1) is 16.8 Å². The van der Waals surface area contributed by atoms with Gasteiger partial charge in [0.25, 0.3) is 5.56 Å². The summed E-state index contributed by atoms with van der Waals surface area (Å²) < 4.78 is 2.44. The quantitative estimate of drug-likeness (QED) is 0.547. The number of aryl methyl sites for hydroxylation is 1. The van der Waals surface area contributed by atoms with Crippen molar-refractivity contribution in [2.24, 2.45) is 0 Å².